The highest BCUT2D eigenvalue weighted by Crippen LogP contribution is 2.06. The van der Waals surface area contributed by atoms with Crippen molar-refractivity contribution in [1.82, 2.24) is 4.90 Å². The van der Waals surface area contributed by atoms with Gasteiger partial charge in [0, 0.05) is 13.1 Å². The van der Waals surface area contributed by atoms with Crippen LogP contribution in [-0.4, -0.2) is 43.2 Å². The minimum Gasteiger partial charge on any atom is -0.378 e. The Morgan fingerprint density at radius 1 is 1.44 bits per heavy atom. The molecule has 1 fully saturated rings. The Labute approximate surface area is 115 Å². The number of nitrogens with zero attached hydrogens (tertiary/aromatic N) is 2. The molecular formula is C11H20IN3O. The van der Waals surface area contributed by atoms with Gasteiger partial charge in [0.15, 0.2) is 5.96 Å². The smallest absolute Gasteiger partial charge is 0.192 e. The van der Waals surface area contributed by atoms with Crippen LogP contribution in [0.5, 0.6) is 0 Å². The molecule has 92 valence electrons. The fourth-order valence-corrected chi connectivity index (χ4v) is 1.40. The molecule has 1 aliphatic rings. The third kappa shape index (κ3) is 4.58. The molecule has 1 rings (SSSR count). The average Bonchev–Trinajstić information content (AvgIpc) is 2.26. The summed E-state index contributed by atoms with van der Waals surface area (Å²) in [6.45, 7) is 7.09. The highest BCUT2D eigenvalue weighted by molar-refractivity contribution is 14.0. The van der Waals surface area contributed by atoms with Crippen molar-refractivity contribution in [1.29, 1.82) is 0 Å². The van der Waals surface area contributed by atoms with E-state index in [1.165, 1.54) is 0 Å². The van der Waals surface area contributed by atoms with E-state index < -0.39 is 0 Å². The normalized spacial score (nSPS) is 18.9. The number of aliphatic imine (C=N–C) groups is 1. The van der Waals surface area contributed by atoms with Crippen molar-refractivity contribution < 1.29 is 4.74 Å². The van der Waals surface area contributed by atoms with E-state index in [4.69, 9.17) is 16.9 Å². The van der Waals surface area contributed by atoms with Gasteiger partial charge in [-0.25, -0.2) is 4.99 Å². The number of hydrogen-bond donors (Lipinski definition) is 1. The molecule has 5 heteroatoms. The molecule has 0 bridgehead atoms. The van der Waals surface area contributed by atoms with Gasteiger partial charge in [-0.3, -0.25) is 0 Å². The summed E-state index contributed by atoms with van der Waals surface area (Å²) < 4.78 is 5.24. The Hall–Kier alpha value is -0.480. The van der Waals surface area contributed by atoms with Crippen LogP contribution in [0.2, 0.25) is 0 Å². The number of hydrogen-bond acceptors (Lipinski definition) is 2. The van der Waals surface area contributed by atoms with Gasteiger partial charge < -0.3 is 15.4 Å². The predicted molar refractivity (Wildman–Crippen MR) is 76.9 cm³/mol. The second-order valence-electron chi connectivity index (χ2n) is 3.94. The maximum Gasteiger partial charge on any atom is 0.192 e. The molecule has 0 spiro atoms. The lowest BCUT2D eigenvalue weighted by Crippen LogP contribution is -2.45. The van der Waals surface area contributed by atoms with Gasteiger partial charge in [0.2, 0.25) is 0 Å². The van der Waals surface area contributed by atoms with E-state index in [2.05, 4.69) is 10.9 Å². The zero-order valence-electron chi connectivity index (χ0n) is 9.85. The lowest BCUT2D eigenvalue weighted by molar-refractivity contribution is 0.0673. The van der Waals surface area contributed by atoms with Gasteiger partial charge in [0.25, 0.3) is 0 Å². The van der Waals surface area contributed by atoms with E-state index in [0.717, 1.165) is 13.1 Å². The molecule has 1 unspecified atom stereocenters. The first-order valence-electron chi connectivity index (χ1n) is 5.27. The average molecular weight is 337 g/mol. The van der Waals surface area contributed by atoms with Crippen molar-refractivity contribution in [3.8, 4) is 12.3 Å². The minimum atomic E-state index is -0.132. The predicted octanol–water partition coefficient (Wildman–Crippen LogP) is 0.909. The molecular weight excluding hydrogens is 317 g/mol. The van der Waals surface area contributed by atoms with Crippen LogP contribution in [-0.2, 0) is 4.74 Å². The molecule has 2 N–H and O–H groups in total. The summed E-state index contributed by atoms with van der Waals surface area (Å²) >= 11 is 0. The van der Waals surface area contributed by atoms with Gasteiger partial charge in [0.1, 0.15) is 6.04 Å². The molecule has 1 atom stereocenters. The molecule has 0 radical (unpaired) electrons. The van der Waals surface area contributed by atoms with Crippen LogP contribution >= 0.6 is 24.0 Å². The molecule has 0 aromatic heterocycles. The van der Waals surface area contributed by atoms with E-state index in [-0.39, 0.29) is 30.0 Å². The van der Waals surface area contributed by atoms with Crippen LogP contribution < -0.4 is 5.73 Å². The minimum absolute atomic E-state index is 0. The highest BCUT2D eigenvalue weighted by atomic mass is 127. The largest absolute Gasteiger partial charge is 0.378 e. The molecule has 0 amide bonds. The lowest BCUT2D eigenvalue weighted by Gasteiger charge is -2.28. The fraction of sp³-hybridized carbons (Fsp3) is 0.727. The van der Waals surface area contributed by atoms with Crippen molar-refractivity contribution in [3.05, 3.63) is 0 Å². The zero-order valence-corrected chi connectivity index (χ0v) is 12.2. The summed E-state index contributed by atoms with van der Waals surface area (Å²) in [6.07, 6.45) is 5.40. The summed E-state index contributed by atoms with van der Waals surface area (Å²) in [5.74, 6) is 3.50. The van der Waals surface area contributed by atoms with Crippen LogP contribution in [0.1, 0.15) is 13.8 Å². The Morgan fingerprint density at radius 3 is 2.44 bits per heavy atom. The molecule has 0 saturated carbocycles. The summed E-state index contributed by atoms with van der Waals surface area (Å²) in [4.78, 5) is 6.36. The second-order valence-corrected chi connectivity index (χ2v) is 3.94. The van der Waals surface area contributed by atoms with Crippen molar-refractivity contribution in [3.63, 3.8) is 0 Å². The van der Waals surface area contributed by atoms with Gasteiger partial charge in [-0.1, -0.05) is 19.8 Å². The van der Waals surface area contributed by atoms with Crippen LogP contribution in [0.4, 0.5) is 0 Å². The molecule has 4 nitrogen and oxygen atoms in total. The van der Waals surface area contributed by atoms with Crippen molar-refractivity contribution in [2.45, 2.75) is 19.9 Å². The highest BCUT2D eigenvalue weighted by Gasteiger charge is 2.15. The van der Waals surface area contributed by atoms with Gasteiger partial charge in [-0.2, -0.15) is 0 Å². The Morgan fingerprint density at radius 2 is 2.00 bits per heavy atom. The third-order valence-electron chi connectivity index (χ3n) is 2.41. The van der Waals surface area contributed by atoms with Crippen LogP contribution in [0.25, 0.3) is 0 Å². The standard InChI is InChI=1S/C11H19N3O.HI/c1-4-10(9(2)3)13-11(12)14-5-7-15-8-6-14;/h1,9-10H,5-8H2,2-3H3,(H2,12,13);1H. The van der Waals surface area contributed by atoms with E-state index in [1.54, 1.807) is 0 Å². The molecule has 1 aliphatic heterocycles. The number of guanidine groups is 1. The molecule has 16 heavy (non-hydrogen) atoms. The van der Waals surface area contributed by atoms with Gasteiger partial charge >= 0.3 is 0 Å². The topological polar surface area (TPSA) is 50.8 Å². The molecule has 0 aliphatic carbocycles. The Balaban J connectivity index is 0.00000225. The maximum absolute atomic E-state index is 5.89. The first-order chi connectivity index (χ1) is 7.15. The SMILES string of the molecule is C#CC(N=C(N)N1CCOCC1)C(C)C.I. The van der Waals surface area contributed by atoms with Crippen molar-refractivity contribution in [2.24, 2.45) is 16.6 Å². The third-order valence-corrected chi connectivity index (χ3v) is 2.41. The summed E-state index contributed by atoms with van der Waals surface area (Å²) in [5.41, 5.74) is 5.89. The van der Waals surface area contributed by atoms with Crippen molar-refractivity contribution >= 4 is 29.9 Å². The molecule has 0 aromatic rings. The molecule has 0 aromatic carbocycles. The zero-order chi connectivity index (χ0) is 11.3. The fourth-order valence-electron chi connectivity index (χ4n) is 1.40. The first kappa shape index (κ1) is 15.5. The Bertz CT molecular complexity index is 267. The number of rotatable bonds is 2. The van der Waals surface area contributed by atoms with Gasteiger partial charge in [-0.15, -0.1) is 30.4 Å². The molecule has 1 saturated heterocycles. The van der Waals surface area contributed by atoms with Crippen LogP contribution in [0.15, 0.2) is 4.99 Å². The monoisotopic (exact) mass is 337 g/mol. The summed E-state index contributed by atoms with van der Waals surface area (Å²) in [7, 11) is 0. The van der Waals surface area contributed by atoms with Crippen LogP contribution in [0, 0.1) is 18.3 Å². The number of nitrogens with two attached hydrogens (primary N) is 1. The number of ether oxygens (including phenoxy) is 1. The first-order valence-corrected chi connectivity index (χ1v) is 5.27. The van der Waals surface area contributed by atoms with E-state index >= 15 is 0 Å². The van der Waals surface area contributed by atoms with Gasteiger partial charge in [0.05, 0.1) is 13.2 Å². The number of halogens is 1. The summed E-state index contributed by atoms with van der Waals surface area (Å²) in [5, 5.41) is 0. The van der Waals surface area contributed by atoms with Crippen molar-refractivity contribution in [2.75, 3.05) is 26.3 Å². The van der Waals surface area contributed by atoms with E-state index in [9.17, 15) is 0 Å². The maximum atomic E-state index is 5.89. The number of terminal acetylenes is 1. The Kier molecular flexibility index (Phi) is 7.51. The van der Waals surface area contributed by atoms with Gasteiger partial charge in [-0.05, 0) is 5.92 Å². The van der Waals surface area contributed by atoms with Crippen LogP contribution in [0.3, 0.4) is 0 Å². The molecule has 1 heterocycles. The quantitative estimate of drug-likeness (QED) is 0.353. The summed E-state index contributed by atoms with van der Waals surface area (Å²) in [6, 6.07) is -0.132. The van der Waals surface area contributed by atoms with E-state index in [0.29, 0.717) is 25.1 Å². The van der Waals surface area contributed by atoms with E-state index in [1.807, 2.05) is 18.7 Å². The number of morpholine rings is 1. The lowest BCUT2D eigenvalue weighted by atomic mass is 10.1. The second kappa shape index (κ2) is 7.74.